The minimum Gasteiger partial charge on any atom is -0.399 e. The average Bonchev–Trinajstić information content (AvgIpc) is 2.82. The van der Waals surface area contributed by atoms with Crippen LogP contribution >= 0.6 is 0 Å². The Morgan fingerprint density at radius 3 is 2.82 bits per heavy atom. The first-order chi connectivity index (χ1) is 8.22. The van der Waals surface area contributed by atoms with Crippen molar-refractivity contribution in [1.29, 1.82) is 0 Å². The molecule has 90 valence electrons. The number of likely N-dealkylation sites (N-methyl/N-ethyl adjacent to an activating group) is 1. The van der Waals surface area contributed by atoms with Gasteiger partial charge in [-0.15, -0.1) is 0 Å². The first kappa shape index (κ1) is 11.5. The summed E-state index contributed by atoms with van der Waals surface area (Å²) in [5.74, 6) is 0. The number of rotatable bonds is 4. The van der Waals surface area contributed by atoms with Crippen molar-refractivity contribution >= 4 is 11.4 Å². The van der Waals surface area contributed by atoms with E-state index in [1.165, 1.54) is 0 Å². The van der Waals surface area contributed by atoms with E-state index in [4.69, 9.17) is 10.8 Å². The number of aromatic nitrogens is 1. The molecule has 0 atom stereocenters. The van der Waals surface area contributed by atoms with Crippen LogP contribution in [0, 0.1) is 0 Å². The Labute approximate surface area is 101 Å². The summed E-state index contributed by atoms with van der Waals surface area (Å²) < 4.78 is 0. The van der Waals surface area contributed by atoms with E-state index in [0.717, 1.165) is 22.6 Å². The lowest BCUT2D eigenvalue weighted by Crippen LogP contribution is -2.21. The average molecular weight is 231 g/mol. The van der Waals surface area contributed by atoms with E-state index in [2.05, 4.69) is 4.98 Å². The van der Waals surface area contributed by atoms with Crippen molar-refractivity contribution in [3.63, 3.8) is 0 Å². The van der Waals surface area contributed by atoms with Crippen LogP contribution in [0.5, 0.6) is 0 Å². The van der Waals surface area contributed by atoms with Crippen LogP contribution < -0.4 is 10.6 Å². The second-order valence-electron chi connectivity index (χ2n) is 4.01. The molecule has 0 aliphatic rings. The van der Waals surface area contributed by atoms with Crippen LogP contribution in [0.1, 0.15) is 0 Å². The van der Waals surface area contributed by atoms with Gasteiger partial charge in [0.05, 0.1) is 6.61 Å². The highest BCUT2D eigenvalue weighted by Gasteiger charge is 2.10. The molecule has 0 bridgehead atoms. The van der Waals surface area contributed by atoms with E-state index in [1.54, 1.807) is 0 Å². The molecule has 17 heavy (non-hydrogen) atoms. The Kier molecular flexibility index (Phi) is 3.35. The summed E-state index contributed by atoms with van der Waals surface area (Å²) in [7, 11) is 1.95. The lowest BCUT2D eigenvalue weighted by Gasteiger charge is -2.21. The van der Waals surface area contributed by atoms with Crippen LogP contribution in [-0.4, -0.2) is 30.3 Å². The normalized spacial score (nSPS) is 10.5. The molecule has 0 aliphatic heterocycles. The summed E-state index contributed by atoms with van der Waals surface area (Å²) in [5.41, 5.74) is 9.68. The number of anilines is 2. The zero-order valence-corrected chi connectivity index (χ0v) is 9.85. The van der Waals surface area contributed by atoms with E-state index < -0.39 is 0 Å². The molecule has 0 radical (unpaired) electrons. The monoisotopic (exact) mass is 231 g/mol. The zero-order chi connectivity index (χ0) is 12.3. The molecule has 1 aromatic carbocycles. The summed E-state index contributed by atoms with van der Waals surface area (Å²) in [6.07, 6.45) is 1.88. The largest absolute Gasteiger partial charge is 0.399 e. The number of aliphatic hydroxyl groups is 1. The lowest BCUT2D eigenvalue weighted by molar-refractivity contribution is 0.304. The number of hydrogen-bond acceptors (Lipinski definition) is 3. The van der Waals surface area contributed by atoms with Crippen LogP contribution in [0.25, 0.3) is 11.3 Å². The number of hydrogen-bond donors (Lipinski definition) is 3. The molecule has 0 saturated heterocycles. The third-order valence-electron chi connectivity index (χ3n) is 2.76. The van der Waals surface area contributed by atoms with Crippen molar-refractivity contribution in [3.8, 4) is 11.3 Å². The molecule has 0 aliphatic carbocycles. The number of nitrogens with two attached hydrogens (primary N) is 1. The van der Waals surface area contributed by atoms with Gasteiger partial charge in [-0.2, -0.15) is 0 Å². The van der Waals surface area contributed by atoms with Gasteiger partial charge in [-0.3, -0.25) is 0 Å². The lowest BCUT2D eigenvalue weighted by atomic mass is 10.1. The quantitative estimate of drug-likeness (QED) is 0.702. The molecule has 0 spiro atoms. The van der Waals surface area contributed by atoms with E-state index >= 15 is 0 Å². The molecule has 0 saturated carbocycles. The van der Waals surface area contributed by atoms with E-state index in [-0.39, 0.29) is 6.61 Å². The number of nitrogen functional groups attached to an aromatic ring is 1. The summed E-state index contributed by atoms with van der Waals surface area (Å²) in [4.78, 5) is 5.18. The molecule has 4 N–H and O–H groups in total. The molecule has 1 heterocycles. The molecule has 1 aromatic heterocycles. The highest BCUT2D eigenvalue weighted by molar-refractivity contribution is 5.79. The Morgan fingerprint density at radius 2 is 2.18 bits per heavy atom. The fraction of sp³-hybridized carbons (Fsp3) is 0.231. The molecule has 4 heteroatoms. The van der Waals surface area contributed by atoms with Crippen LogP contribution in [0.3, 0.4) is 0 Å². The number of H-pyrrole nitrogens is 1. The second-order valence-corrected chi connectivity index (χ2v) is 4.01. The molecule has 4 nitrogen and oxygen atoms in total. The van der Waals surface area contributed by atoms with Crippen molar-refractivity contribution < 1.29 is 5.11 Å². The molecule has 0 amide bonds. The first-order valence-corrected chi connectivity index (χ1v) is 5.57. The molecule has 0 unspecified atom stereocenters. The predicted octanol–water partition coefficient (Wildman–Crippen LogP) is 1.69. The third-order valence-corrected chi connectivity index (χ3v) is 2.76. The number of benzene rings is 1. The highest BCUT2D eigenvalue weighted by atomic mass is 16.3. The van der Waals surface area contributed by atoms with Gasteiger partial charge in [0.15, 0.2) is 0 Å². The topological polar surface area (TPSA) is 65.3 Å². The van der Waals surface area contributed by atoms with Crippen LogP contribution in [0.4, 0.5) is 11.4 Å². The van der Waals surface area contributed by atoms with Gasteiger partial charge >= 0.3 is 0 Å². The smallest absolute Gasteiger partial charge is 0.0606 e. The maximum Gasteiger partial charge on any atom is 0.0606 e. The molecular formula is C13H17N3O. The van der Waals surface area contributed by atoms with Crippen molar-refractivity contribution in [2.45, 2.75) is 0 Å². The maximum absolute atomic E-state index is 9.00. The van der Waals surface area contributed by atoms with Crippen molar-refractivity contribution in [3.05, 3.63) is 36.5 Å². The van der Waals surface area contributed by atoms with Crippen molar-refractivity contribution in [2.24, 2.45) is 0 Å². The highest BCUT2D eigenvalue weighted by Crippen LogP contribution is 2.30. The number of aromatic amines is 1. The van der Waals surface area contributed by atoms with E-state index in [0.29, 0.717) is 6.54 Å². The summed E-state index contributed by atoms with van der Waals surface area (Å²) in [5, 5.41) is 9.00. The Balaban J connectivity index is 2.45. The summed E-state index contributed by atoms with van der Waals surface area (Å²) in [6, 6.07) is 9.74. The number of nitrogens with one attached hydrogen (secondary N) is 1. The van der Waals surface area contributed by atoms with Gasteiger partial charge in [0, 0.05) is 42.4 Å². The Morgan fingerprint density at radius 1 is 1.35 bits per heavy atom. The second kappa shape index (κ2) is 4.93. The zero-order valence-electron chi connectivity index (χ0n) is 9.85. The van der Waals surface area contributed by atoms with Crippen LogP contribution in [-0.2, 0) is 0 Å². The minimum atomic E-state index is 0.130. The number of aliphatic hydroxyl groups excluding tert-OH is 1. The minimum absolute atomic E-state index is 0.130. The van der Waals surface area contributed by atoms with Crippen LogP contribution in [0.2, 0.25) is 0 Å². The Bertz CT molecular complexity index is 479. The van der Waals surface area contributed by atoms with Gasteiger partial charge < -0.3 is 20.7 Å². The van der Waals surface area contributed by atoms with Gasteiger partial charge in [0.25, 0.3) is 0 Å². The van der Waals surface area contributed by atoms with Gasteiger partial charge in [-0.25, -0.2) is 0 Å². The molecule has 0 fully saturated rings. The van der Waals surface area contributed by atoms with Crippen molar-refractivity contribution in [1.82, 2.24) is 4.98 Å². The molecule has 2 aromatic rings. The maximum atomic E-state index is 9.00. The predicted molar refractivity (Wildman–Crippen MR) is 71.0 cm³/mol. The molecular weight excluding hydrogens is 214 g/mol. The van der Waals surface area contributed by atoms with Crippen molar-refractivity contribution in [2.75, 3.05) is 30.8 Å². The van der Waals surface area contributed by atoms with Gasteiger partial charge in [0.1, 0.15) is 0 Å². The summed E-state index contributed by atoms with van der Waals surface area (Å²) in [6.45, 7) is 0.725. The van der Waals surface area contributed by atoms with E-state index in [9.17, 15) is 0 Å². The number of nitrogens with zero attached hydrogens (tertiary/aromatic N) is 1. The van der Waals surface area contributed by atoms with Gasteiger partial charge in [0.2, 0.25) is 0 Å². The van der Waals surface area contributed by atoms with E-state index in [1.807, 2.05) is 48.5 Å². The fourth-order valence-electron chi connectivity index (χ4n) is 1.87. The first-order valence-electron chi connectivity index (χ1n) is 5.57. The Hall–Kier alpha value is -1.94. The third kappa shape index (κ3) is 2.42. The van der Waals surface area contributed by atoms with Crippen LogP contribution in [0.15, 0.2) is 36.5 Å². The summed E-state index contributed by atoms with van der Waals surface area (Å²) >= 11 is 0. The van der Waals surface area contributed by atoms with Gasteiger partial charge in [-0.05, 0) is 30.3 Å². The SMILES string of the molecule is CN(CCO)c1ccc(N)cc1-c1ccc[nH]1. The standard InChI is InChI=1S/C13H17N3O/c1-16(7-8-17)13-5-4-10(14)9-11(13)12-3-2-6-15-12/h2-6,9,15,17H,7-8,14H2,1H3. The fourth-order valence-corrected chi connectivity index (χ4v) is 1.87. The van der Waals surface area contributed by atoms with Gasteiger partial charge in [-0.1, -0.05) is 0 Å². The molecule has 2 rings (SSSR count).